The van der Waals surface area contributed by atoms with Crippen LogP contribution in [-0.4, -0.2) is 38.0 Å². The number of hydrogen-bond acceptors (Lipinski definition) is 3. The molecule has 0 amide bonds. The molecule has 114 valence electrons. The van der Waals surface area contributed by atoms with Crippen molar-refractivity contribution < 1.29 is 27.0 Å². The summed E-state index contributed by atoms with van der Waals surface area (Å²) in [6.45, 7) is 2.07. The molecule has 1 fully saturated rings. The third-order valence-corrected chi connectivity index (χ3v) is 3.25. The van der Waals surface area contributed by atoms with Crippen molar-refractivity contribution in [2.75, 3.05) is 19.7 Å². The lowest BCUT2D eigenvalue weighted by Crippen LogP contribution is -2.34. The van der Waals surface area contributed by atoms with Crippen LogP contribution in [0.5, 0.6) is 0 Å². The number of ether oxygens (including phenoxy) is 2. The molecular formula is C13H17F4NO2. The van der Waals surface area contributed by atoms with Gasteiger partial charge in [-0.2, -0.15) is 0 Å². The molecule has 1 unspecified atom stereocenters. The minimum atomic E-state index is -4.99. The highest BCUT2D eigenvalue weighted by atomic mass is 19.4. The summed E-state index contributed by atoms with van der Waals surface area (Å²) in [5, 5.41) is 3.20. The quantitative estimate of drug-likeness (QED) is 0.809. The van der Waals surface area contributed by atoms with Crippen LogP contribution in [0.15, 0.2) is 23.8 Å². The third-order valence-electron chi connectivity index (χ3n) is 3.25. The van der Waals surface area contributed by atoms with E-state index < -0.39 is 18.6 Å². The normalized spacial score (nSPS) is 28.5. The van der Waals surface area contributed by atoms with Crippen molar-refractivity contribution >= 4 is 0 Å². The van der Waals surface area contributed by atoms with E-state index in [9.17, 15) is 17.6 Å². The average molecular weight is 295 g/mol. The second kappa shape index (κ2) is 6.24. The van der Waals surface area contributed by atoms with Crippen LogP contribution < -0.4 is 5.32 Å². The van der Waals surface area contributed by atoms with Gasteiger partial charge in [-0.1, -0.05) is 12.2 Å². The fourth-order valence-corrected chi connectivity index (χ4v) is 2.19. The maximum absolute atomic E-state index is 13.7. The minimum absolute atomic E-state index is 0.147. The molecule has 0 aromatic heterocycles. The van der Waals surface area contributed by atoms with E-state index in [1.807, 2.05) is 0 Å². The van der Waals surface area contributed by atoms with E-state index in [0.29, 0.717) is 5.57 Å². The van der Waals surface area contributed by atoms with Crippen LogP contribution in [0.3, 0.4) is 0 Å². The van der Waals surface area contributed by atoms with Crippen molar-refractivity contribution in [1.82, 2.24) is 5.32 Å². The van der Waals surface area contributed by atoms with Gasteiger partial charge in [-0.15, -0.1) is 13.2 Å². The molecule has 2 rings (SSSR count). The van der Waals surface area contributed by atoms with E-state index in [-0.39, 0.29) is 12.7 Å². The van der Waals surface area contributed by atoms with Crippen molar-refractivity contribution in [2.45, 2.75) is 37.6 Å². The summed E-state index contributed by atoms with van der Waals surface area (Å²) < 4.78 is 58.9. The fourth-order valence-electron chi connectivity index (χ4n) is 2.19. The Balaban J connectivity index is 1.79. The maximum Gasteiger partial charge on any atom is 0.525 e. The lowest BCUT2D eigenvalue weighted by molar-refractivity contribution is -0.380. The molecular weight excluding hydrogens is 278 g/mol. The summed E-state index contributed by atoms with van der Waals surface area (Å²) in [5.74, 6) is -2.81. The Kier molecular flexibility index (Phi) is 4.82. The standard InChI is InChI=1S/C13H17F4NO2/c14-12(20-13(15,16)17)5-1-10(2-6-12)9-19-11-3-7-18-8-4-11/h1-2,5,11,18H,3-4,6-9H2. The van der Waals surface area contributed by atoms with Crippen molar-refractivity contribution in [3.8, 4) is 0 Å². The average Bonchev–Trinajstić information content (AvgIpc) is 2.37. The van der Waals surface area contributed by atoms with Crippen LogP contribution >= 0.6 is 0 Å². The Bertz CT molecular complexity index is 388. The first-order valence-electron chi connectivity index (χ1n) is 6.53. The van der Waals surface area contributed by atoms with Crippen molar-refractivity contribution in [3.05, 3.63) is 23.8 Å². The molecule has 20 heavy (non-hydrogen) atoms. The summed E-state index contributed by atoms with van der Waals surface area (Å²) >= 11 is 0. The smallest absolute Gasteiger partial charge is 0.373 e. The SMILES string of the molecule is FC(F)(F)OC1(F)C=CC(COC2CCNCC2)=CC1. The summed E-state index contributed by atoms with van der Waals surface area (Å²) in [7, 11) is 0. The Hall–Kier alpha value is -0.920. The highest BCUT2D eigenvalue weighted by Gasteiger charge is 2.42. The zero-order valence-corrected chi connectivity index (χ0v) is 10.9. The zero-order valence-electron chi connectivity index (χ0n) is 10.9. The summed E-state index contributed by atoms with van der Waals surface area (Å²) in [4.78, 5) is 0. The highest BCUT2D eigenvalue weighted by Crippen LogP contribution is 2.33. The molecule has 7 heteroatoms. The molecule has 1 aliphatic heterocycles. The predicted octanol–water partition coefficient (Wildman–Crippen LogP) is 2.84. The van der Waals surface area contributed by atoms with Gasteiger partial charge in [-0.25, -0.2) is 4.39 Å². The van der Waals surface area contributed by atoms with Gasteiger partial charge >= 0.3 is 6.36 Å². The molecule has 0 radical (unpaired) electrons. The van der Waals surface area contributed by atoms with Crippen LogP contribution in [0.2, 0.25) is 0 Å². The Morgan fingerprint density at radius 2 is 2.00 bits per heavy atom. The van der Waals surface area contributed by atoms with Crippen molar-refractivity contribution in [1.29, 1.82) is 0 Å². The van der Waals surface area contributed by atoms with Crippen LogP contribution in [0.4, 0.5) is 17.6 Å². The van der Waals surface area contributed by atoms with E-state index in [0.717, 1.165) is 32.0 Å². The predicted molar refractivity (Wildman–Crippen MR) is 64.7 cm³/mol. The molecule has 0 spiro atoms. The Labute approximate surface area is 114 Å². The van der Waals surface area contributed by atoms with Crippen LogP contribution in [-0.2, 0) is 9.47 Å². The number of nitrogens with one attached hydrogen (secondary N) is 1. The van der Waals surface area contributed by atoms with Gasteiger partial charge in [0.2, 0.25) is 5.85 Å². The zero-order chi connectivity index (χ0) is 14.6. The van der Waals surface area contributed by atoms with Crippen molar-refractivity contribution in [3.63, 3.8) is 0 Å². The highest BCUT2D eigenvalue weighted by molar-refractivity contribution is 5.26. The first kappa shape index (κ1) is 15.5. The second-order valence-corrected chi connectivity index (χ2v) is 4.91. The molecule has 0 aromatic rings. The first-order valence-corrected chi connectivity index (χ1v) is 6.53. The molecule has 1 saturated heterocycles. The van der Waals surface area contributed by atoms with Gasteiger partial charge in [-0.3, -0.25) is 4.74 Å². The largest absolute Gasteiger partial charge is 0.525 e. The van der Waals surface area contributed by atoms with Gasteiger partial charge in [0.25, 0.3) is 0 Å². The molecule has 1 aliphatic carbocycles. The number of rotatable bonds is 4. The van der Waals surface area contributed by atoms with Gasteiger partial charge in [0, 0.05) is 6.42 Å². The number of halogens is 4. The van der Waals surface area contributed by atoms with E-state index in [1.54, 1.807) is 0 Å². The lowest BCUT2D eigenvalue weighted by Gasteiger charge is -2.26. The van der Waals surface area contributed by atoms with Gasteiger partial charge in [0.1, 0.15) is 0 Å². The van der Waals surface area contributed by atoms with E-state index in [2.05, 4.69) is 10.1 Å². The number of hydrogen-bond donors (Lipinski definition) is 1. The summed E-state index contributed by atoms with van der Waals surface area (Å²) in [5.41, 5.74) is 0.669. The van der Waals surface area contributed by atoms with Crippen LogP contribution in [0.1, 0.15) is 19.3 Å². The number of piperidine rings is 1. The first-order chi connectivity index (χ1) is 9.36. The molecule has 0 saturated carbocycles. The number of alkyl halides is 4. The molecule has 0 aromatic carbocycles. The Morgan fingerprint density at radius 1 is 1.30 bits per heavy atom. The maximum atomic E-state index is 13.7. The monoisotopic (exact) mass is 295 g/mol. The topological polar surface area (TPSA) is 30.5 Å². The van der Waals surface area contributed by atoms with Crippen molar-refractivity contribution in [2.24, 2.45) is 0 Å². The summed E-state index contributed by atoms with van der Waals surface area (Å²) in [6, 6.07) is 0. The lowest BCUT2D eigenvalue weighted by atomic mass is 10.0. The minimum Gasteiger partial charge on any atom is -0.373 e. The molecule has 1 atom stereocenters. The second-order valence-electron chi connectivity index (χ2n) is 4.91. The summed E-state index contributed by atoms with van der Waals surface area (Å²) in [6.07, 6.45) is -0.0361. The van der Waals surface area contributed by atoms with Gasteiger partial charge in [0.15, 0.2) is 0 Å². The van der Waals surface area contributed by atoms with Crippen LogP contribution in [0, 0.1) is 0 Å². The van der Waals surface area contributed by atoms with Crippen LogP contribution in [0.25, 0.3) is 0 Å². The molecule has 2 aliphatic rings. The molecule has 3 nitrogen and oxygen atoms in total. The van der Waals surface area contributed by atoms with Gasteiger partial charge in [-0.05, 0) is 37.6 Å². The fraction of sp³-hybridized carbons (Fsp3) is 0.692. The Morgan fingerprint density at radius 3 is 2.55 bits per heavy atom. The van der Waals surface area contributed by atoms with Gasteiger partial charge in [0.05, 0.1) is 12.7 Å². The van der Waals surface area contributed by atoms with Gasteiger partial charge < -0.3 is 10.1 Å². The molecule has 1 N–H and O–H groups in total. The molecule has 1 heterocycles. The third kappa shape index (κ3) is 4.88. The molecule has 0 bridgehead atoms. The van der Waals surface area contributed by atoms with E-state index in [1.165, 1.54) is 12.2 Å². The van der Waals surface area contributed by atoms with E-state index >= 15 is 0 Å². The van der Waals surface area contributed by atoms with E-state index in [4.69, 9.17) is 4.74 Å².